The van der Waals surface area contributed by atoms with Crippen molar-refractivity contribution >= 4 is 5.97 Å². The Kier molecular flexibility index (Phi) is 5.63. The molecule has 0 fully saturated rings. The SMILES string of the molecule is C=C(C)C(=O)OC.Oc1ccccc1O. The number of benzene rings is 1. The fourth-order valence-electron chi connectivity index (χ4n) is 0.638. The molecule has 15 heavy (non-hydrogen) atoms. The van der Waals surface area contributed by atoms with Gasteiger partial charge >= 0.3 is 5.97 Å². The molecular weight excluding hydrogens is 196 g/mol. The van der Waals surface area contributed by atoms with E-state index in [1.54, 1.807) is 19.1 Å². The highest BCUT2D eigenvalue weighted by atomic mass is 16.5. The highest BCUT2D eigenvalue weighted by Gasteiger charge is 1.95. The van der Waals surface area contributed by atoms with Crippen molar-refractivity contribution in [1.82, 2.24) is 0 Å². The van der Waals surface area contributed by atoms with Gasteiger partial charge in [-0.25, -0.2) is 4.79 Å². The number of hydrogen-bond acceptors (Lipinski definition) is 4. The van der Waals surface area contributed by atoms with Crippen LogP contribution < -0.4 is 0 Å². The third-order valence-corrected chi connectivity index (χ3v) is 1.42. The number of carbonyl (C=O) groups excluding carboxylic acids is 1. The van der Waals surface area contributed by atoms with E-state index in [1.165, 1.54) is 19.2 Å². The molecule has 0 aromatic heterocycles. The van der Waals surface area contributed by atoms with Gasteiger partial charge in [-0.1, -0.05) is 18.7 Å². The van der Waals surface area contributed by atoms with E-state index in [1.807, 2.05) is 0 Å². The Morgan fingerprint density at radius 1 is 1.27 bits per heavy atom. The summed E-state index contributed by atoms with van der Waals surface area (Å²) < 4.78 is 4.27. The summed E-state index contributed by atoms with van der Waals surface area (Å²) in [5.74, 6) is -0.500. The monoisotopic (exact) mass is 210 g/mol. The lowest BCUT2D eigenvalue weighted by molar-refractivity contribution is -0.136. The number of phenolic OH excluding ortho intramolecular Hbond substituents is 2. The second-order valence-electron chi connectivity index (χ2n) is 2.76. The minimum Gasteiger partial charge on any atom is -0.504 e. The van der Waals surface area contributed by atoms with Crippen molar-refractivity contribution in [2.75, 3.05) is 7.11 Å². The zero-order chi connectivity index (χ0) is 11.8. The summed E-state index contributed by atoms with van der Waals surface area (Å²) in [6.45, 7) is 4.95. The van der Waals surface area contributed by atoms with Gasteiger partial charge in [0.05, 0.1) is 7.11 Å². The summed E-state index contributed by atoms with van der Waals surface area (Å²) in [4.78, 5) is 10.2. The summed E-state index contributed by atoms with van der Waals surface area (Å²) in [7, 11) is 1.33. The second-order valence-corrected chi connectivity index (χ2v) is 2.76. The lowest BCUT2D eigenvalue weighted by Gasteiger charge is -1.91. The number of phenols is 2. The Labute approximate surface area is 88.4 Å². The molecule has 1 aromatic rings. The van der Waals surface area contributed by atoms with E-state index in [2.05, 4.69) is 11.3 Å². The molecule has 0 aliphatic rings. The van der Waals surface area contributed by atoms with Crippen LogP contribution in [0.2, 0.25) is 0 Å². The smallest absolute Gasteiger partial charge is 0.332 e. The average Bonchev–Trinajstić information content (AvgIpc) is 2.22. The van der Waals surface area contributed by atoms with Crippen molar-refractivity contribution < 1.29 is 19.7 Å². The van der Waals surface area contributed by atoms with E-state index in [4.69, 9.17) is 10.2 Å². The van der Waals surface area contributed by atoms with E-state index >= 15 is 0 Å². The number of ether oxygens (including phenoxy) is 1. The molecule has 0 amide bonds. The van der Waals surface area contributed by atoms with Gasteiger partial charge in [0.2, 0.25) is 0 Å². The lowest BCUT2D eigenvalue weighted by atomic mass is 10.3. The van der Waals surface area contributed by atoms with Gasteiger partial charge in [-0.2, -0.15) is 0 Å². The van der Waals surface area contributed by atoms with Gasteiger partial charge in [-0.05, 0) is 19.1 Å². The number of hydrogen-bond donors (Lipinski definition) is 2. The Balaban J connectivity index is 0.000000265. The molecule has 0 unspecified atom stereocenters. The summed E-state index contributed by atoms with van der Waals surface area (Å²) in [6, 6.07) is 6.15. The van der Waals surface area contributed by atoms with Gasteiger partial charge in [0.25, 0.3) is 0 Å². The van der Waals surface area contributed by atoms with E-state index in [0.29, 0.717) is 5.57 Å². The Bertz CT molecular complexity index is 323. The molecular formula is C11H14O4. The third kappa shape index (κ3) is 5.36. The molecule has 0 bridgehead atoms. The molecule has 1 aromatic carbocycles. The Morgan fingerprint density at radius 2 is 1.67 bits per heavy atom. The maximum Gasteiger partial charge on any atom is 0.332 e. The van der Waals surface area contributed by atoms with Crippen LogP contribution in [0.4, 0.5) is 0 Å². The molecule has 0 saturated heterocycles. The molecule has 0 saturated carbocycles. The average molecular weight is 210 g/mol. The number of carbonyl (C=O) groups is 1. The molecule has 4 nitrogen and oxygen atoms in total. The van der Waals surface area contributed by atoms with Crippen molar-refractivity contribution in [3.05, 3.63) is 36.4 Å². The zero-order valence-electron chi connectivity index (χ0n) is 8.73. The number of para-hydroxylation sites is 2. The molecule has 2 N–H and O–H groups in total. The van der Waals surface area contributed by atoms with Gasteiger partial charge in [0.1, 0.15) is 0 Å². The van der Waals surface area contributed by atoms with Crippen LogP contribution in [0.25, 0.3) is 0 Å². The Hall–Kier alpha value is -1.97. The van der Waals surface area contributed by atoms with Crippen LogP contribution in [-0.2, 0) is 9.53 Å². The largest absolute Gasteiger partial charge is 0.504 e. The van der Waals surface area contributed by atoms with Crippen LogP contribution in [0.1, 0.15) is 6.92 Å². The molecule has 0 spiro atoms. The van der Waals surface area contributed by atoms with Crippen molar-refractivity contribution in [1.29, 1.82) is 0 Å². The van der Waals surface area contributed by atoms with E-state index in [9.17, 15) is 4.79 Å². The van der Waals surface area contributed by atoms with Crippen LogP contribution in [-0.4, -0.2) is 23.3 Å². The highest BCUT2D eigenvalue weighted by Crippen LogP contribution is 2.21. The quantitative estimate of drug-likeness (QED) is 0.421. The number of methoxy groups -OCH3 is 1. The first-order valence-corrected chi connectivity index (χ1v) is 4.19. The van der Waals surface area contributed by atoms with Crippen LogP contribution in [0, 0.1) is 0 Å². The summed E-state index contributed by atoms with van der Waals surface area (Å²) in [6.07, 6.45) is 0. The summed E-state index contributed by atoms with van der Waals surface area (Å²) >= 11 is 0. The third-order valence-electron chi connectivity index (χ3n) is 1.42. The minimum atomic E-state index is -0.347. The predicted octanol–water partition coefficient (Wildman–Crippen LogP) is 1.83. The van der Waals surface area contributed by atoms with Gasteiger partial charge < -0.3 is 14.9 Å². The molecule has 0 aliphatic carbocycles. The molecule has 0 atom stereocenters. The lowest BCUT2D eigenvalue weighted by Crippen LogP contribution is -1.98. The van der Waals surface area contributed by atoms with Gasteiger partial charge in [0.15, 0.2) is 11.5 Å². The van der Waals surface area contributed by atoms with E-state index < -0.39 is 0 Å². The highest BCUT2D eigenvalue weighted by molar-refractivity contribution is 5.86. The van der Waals surface area contributed by atoms with Crippen LogP contribution in [0.3, 0.4) is 0 Å². The molecule has 0 heterocycles. The van der Waals surface area contributed by atoms with Gasteiger partial charge in [-0.15, -0.1) is 0 Å². The standard InChI is InChI=1S/C6H6O2.C5H8O2/c7-5-3-1-2-4-6(5)8;1-4(2)5(6)7-3/h1-4,7-8H;1H2,2-3H3. The van der Waals surface area contributed by atoms with Crippen molar-refractivity contribution in [2.45, 2.75) is 6.92 Å². The molecule has 1 rings (SSSR count). The van der Waals surface area contributed by atoms with Crippen molar-refractivity contribution in [3.8, 4) is 11.5 Å². The van der Waals surface area contributed by atoms with Crippen LogP contribution in [0.15, 0.2) is 36.4 Å². The fraction of sp³-hybridized carbons (Fsp3) is 0.182. The molecule has 0 radical (unpaired) electrons. The zero-order valence-corrected chi connectivity index (χ0v) is 8.73. The van der Waals surface area contributed by atoms with Crippen molar-refractivity contribution in [2.24, 2.45) is 0 Å². The number of aromatic hydroxyl groups is 2. The van der Waals surface area contributed by atoms with E-state index in [0.717, 1.165) is 0 Å². The normalized spacial score (nSPS) is 8.40. The Morgan fingerprint density at radius 3 is 1.80 bits per heavy atom. The second kappa shape index (κ2) is 6.48. The van der Waals surface area contributed by atoms with Crippen molar-refractivity contribution in [3.63, 3.8) is 0 Å². The fourth-order valence-corrected chi connectivity index (χ4v) is 0.638. The van der Waals surface area contributed by atoms with Crippen LogP contribution in [0.5, 0.6) is 11.5 Å². The summed E-state index contributed by atoms with van der Waals surface area (Å²) in [5, 5.41) is 17.3. The van der Waals surface area contributed by atoms with Gasteiger partial charge in [0, 0.05) is 5.57 Å². The maximum absolute atomic E-state index is 10.2. The maximum atomic E-state index is 10.2. The first-order valence-electron chi connectivity index (χ1n) is 4.19. The predicted molar refractivity (Wildman–Crippen MR) is 56.6 cm³/mol. The summed E-state index contributed by atoms with van der Waals surface area (Å²) in [5.41, 5.74) is 0.433. The minimum absolute atomic E-state index is 0.0764. The number of esters is 1. The van der Waals surface area contributed by atoms with Crippen LogP contribution >= 0.6 is 0 Å². The first kappa shape index (κ1) is 13.0. The van der Waals surface area contributed by atoms with Gasteiger partial charge in [-0.3, -0.25) is 0 Å². The number of rotatable bonds is 1. The van der Waals surface area contributed by atoms with E-state index in [-0.39, 0.29) is 17.5 Å². The molecule has 0 aliphatic heterocycles. The topological polar surface area (TPSA) is 66.8 Å². The molecule has 82 valence electrons. The molecule has 4 heteroatoms. The first-order chi connectivity index (χ1) is 6.99.